The van der Waals surface area contributed by atoms with E-state index in [2.05, 4.69) is 32.2 Å². The Hall–Kier alpha value is -1.51. The molecule has 0 saturated heterocycles. The van der Waals surface area contributed by atoms with E-state index >= 15 is 0 Å². The molecular formula is C16H25NO2. The maximum Gasteiger partial charge on any atom is 0.223 e. The van der Waals surface area contributed by atoms with E-state index in [0.29, 0.717) is 13.0 Å². The lowest BCUT2D eigenvalue weighted by Gasteiger charge is -2.22. The molecule has 0 aliphatic carbocycles. The Bertz CT molecular complexity index is 419. The Labute approximate surface area is 116 Å². The van der Waals surface area contributed by atoms with Crippen LogP contribution in [0.3, 0.4) is 0 Å². The molecule has 1 rings (SSSR count). The minimum Gasteiger partial charge on any atom is -0.493 e. The molecule has 0 unspecified atom stereocenters. The van der Waals surface area contributed by atoms with Gasteiger partial charge in [-0.3, -0.25) is 4.79 Å². The quantitative estimate of drug-likeness (QED) is 0.885. The minimum absolute atomic E-state index is 0.0308. The molecule has 0 aliphatic rings. The van der Waals surface area contributed by atoms with Crippen LogP contribution >= 0.6 is 0 Å². The molecule has 0 aliphatic heterocycles. The van der Waals surface area contributed by atoms with Crippen LogP contribution in [0.2, 0.25) is 0 Å². The van der Waals surface area contributed by atoms with Gasteiger partial charge >= 0.3 is 0 Å². The number of hydrogen-bond acceptors (Lipinski definition) is 2. The second-order valence-electron chi connectivity index (χ2n) is 6.07. The van der Waals surface area contributed by atoms with E-state index in [-0.39, 0.29) is 17.4 Å². The Morgan fingerprint density at radius 2 is 1.89 bits per heavy atom. The van der Waals surface area contributed by atoms with E-state index in [1.807, 2.05) is 32.0 Å². The fourth-order valence-corrected chi connectivity index (χ4v) is 1.86. The van der Waals surface area contributed by atoms with Crippen LogP contribution in [0.15, 0.2) is 24.3 Å². The maximum absolute atomic E-state index is 11.5. The van der Waals surface area contributed by atoms with Gasteiger partial charge in [-0.05, 0) is 30.9 Å². The number of hydrogen-bond donors (Lipinski definition) is 1. The molecule has 0 bridgehead atoms. The van der Waals surface area contributed by atoms with Gasteiger partial charge in [0, 0.05) is 6.04 Å². The number of amides is 1. The summed E-state index contributed by atoms with van der Waals surface area (Å²) in [5.74, 6) is 0.899. The van der Waals surface area contributed by atoms with Crippen LogP contribution in [0.5, 0.6) is 5.75 Å². The second kappa shape index (κ2) is 6.60. The zero-order chi connectivity index (χ0) is 14.5. The van der Waals surface area contributed by atoms with Crippen LogP contribution in [0, 0.1) is 0 Å². The number of rotatable bonds is 5. The third-order valence-corrected chi connectivity index (χ3v) is 2.73. The van der Waals surface area contributed by atoms with Gasteiger partial charge in [0.05, 0.1) is 13.0 Å². The summed E-state index contributed by atoms with van der Waals surface area (Å²) in [6.45, 7) is 10.8. The van der Waals surface area contributed by atoms with Gasteiger partial charge in [0.15, 0.2) is 0 Å². The highest BCUT2D eigenvalue weighted by Crippen LogP contribution is 2.30. The third-order valence-electron chi connectivity index (χ3n) is 2.73. The molecule has 1 aromatic rings. The number of para-hydroxylation sites is 1. The SMILES string of the molecule is CC(C)NC(=O)CCOc1ccccc1C(C)(C)C. The van der Waals surface area contributed by atoms with Crippen molar-refractivity contribution < 1.29 is 9.53 Å². The Morgan fingerprint density at radius 1 is 1.26 bits per heavy atom. The maximum atomic E-state index is 11.5. The highest BCUT2D eigenvalue weighted by atomic mass is 16.5. The van der Waals surface area contributed by atoms with Gasteiger partial charge in [-0.2, -0.15) is 0 Å². The highest BCUT2D eigenvalue weighted by molar-refractivity contribution is 5.76. The summed E-state index contributed by atoms with van der Waals surface area (Å²) in [6.07, 6.45) is 0.386. The van der Waals surface area contributed by atoms with Crippen LogP contribution in [0.4, 0.5) is 0 Å². The van der Waals surface area contributed by atoms with Crippen molar-refractivity contribution in [2.45, 2.75) is 52.5 Å². The van der Waals surface area contributed by atoms with Crippen LogP contribution in [-0.2, 0) is 10.2 Å². The van der Waals surface area contributed by atoms with E-state index in [1.54, 1.807) is 0 Å². The monoisotopic (exact) mass is 263 g/mol. The molecule has 0 heterocycles. The van der Waals surface area contributed by atoms with E-state index in [4.69, 9.17) is 4.74 Å². The first kappa shape index (κ1) is 15.5. The van der Waals surface area contributed by atoms with Crippen molar-refractivity contribution in [2.75, 3.05) is 6.61 Å². The molecular weight excluding hydrogens is 238 g/mol. The predicted octanol–water partition coefficient (Wildman–Crippen LogP) is 3.28. The van der Waals surface area contributed by atoms with Crippen molar-refractivity contribution in [2.24, 2.45) is 0 Å². The van der Waals surface area contributed by atoms with Gasteiger partial charge in [0.1, 0.15) is 5.75 Å². The van der Waals surface area contributed by atoms with Crippen LogP contribution in [0.1, 0.15) is 46.6 Å². The molecule has 0 aromatic heterocycles. The molecule has 106 valence electrons. The predicted molar refractivity (Wildman–Crippen MR) is 78.5 cm³/mol. The molecule has 1 N–H and O–H groups in total. The Kier molecular flexibility index (Phi) is 5.40. The van der Waals surface area contributed by atoms with E-state index in [1.165, 1.54) is 5.56 Å². The van der Waals surface area contributed by atoms with E-state index in [9.17, 15) is 4.79 Å². The number of nitrogens with one attached hydrogen (secondary N) is 1. The summed E-state index contributed by atoms with van der Waals surface area (Å²) in [6, 6.07) is 8.18. The molecule has 0 radical (unpaired) electrons. The Balaban J connectivity index is 2.57. The largest absolute Gasteiger partial charge is 0.493 e. The molecule has 3 nitrogen and oxygen atoms in total. The van der Waals surface area contributed by atoms with Gasteiger partial charge in [0.2, 0.25) is 5.91 Å². The normalized spacial score (nSPS) is 11.5. The van der Waals surface area contributed by atoms with E-state index < -0.39 is 0 Å². The standard InChI is InChI=1S/C16H25NO2/c1-12(2)17-15(18)10-11-19-14-9-7-6-8-13(14)16(3,4)5/h6-9,12H,10-11H2,1-5H3,(H,17,18). The van der Waals surface area contributed by atoms with Gasteiger partial charge in [-0.25, -0.2) is 0 Å². The Morgan fingerprint density at radius 3 is 2.47 bits per heavy atom. The van der Waals surface area contributed by atoms with Crippen LogP contribution < -0.4 is 10.1 Å². The molecule has 0 atom stereocenters. The lowest BCUT2D eigenvalue weighted by atomic mass is 9.86. The van der Waals surface area contributed by atoms with Gasteiger partial charge < -0.3 is 10.1 Å². The molecule has 19 heavy (non-hydrogen) atoms. The van der Waals surface area contributed by atoms with Crippen molar-refractivity contribution in [3.63, 3.8) is 0 Å². The third kappa shape index (κ3) is 5.33. The highest BCUT2D eigenvalue weighted by Gasteiger charge is 2.18. The number of benzene rings is 1. The van der Waals surface area contributed by atoms with Crippen molar-refractivity contribution >= 4 is 5.91 Å². The van der Waals surface area contributed by atoms with E-state index in [0.717, 1.165) is 5.75 Å². The molecule has 1 amide bonds. The number of ether oxygens (including phenoxy) is 1. The van der Waals surface area contributed by atoms with Gasteiger partial charge in [-0.1, -0.05) is 39.0 Å². The average molecular weight is 263 g/mol. The molecule has 0 fully saturated rings. The zero-order valence-electron chi connectivity index (χ0n) is 12.6. The molecule has 1 aromatic carbocycles. The van der Waals surface area contributed by atoms with Crippen molar-refractivity contribution in [3.05, 3.63) is 29.8 Å². The lowest BCUT2D eigenvalue weighted by molar-refractivity contribution is -0.122. The fraction of sp³-hybridized carbons (Fsp3) is 0.562. The lowest BCUT2D eigenvalue weighted by Crippen LogP contribution is -2.31. The summed E-state index contributed by atoms with van der Waals surface area (Å²) in [7, 11) is 0. The van der Waals surface area contributed by atoms with Crippen LogP contribution in [-0.4, -0.2) is 18.6 Å². The summed E-state index contributed by atoms with van der Waals surface area (Å²) in [4.78, 5) is 11.5. The second-order valence-corrected chi connectivity index (χ2v) is 6.07. The van der Waals surface area contributed by atoms with Gasteiger partial charge in [-0.15, -0.1) is 0 Å². The average Bonchev–Trinajstić information content (AvgIpc) is 2.27. The van der Waals surface area contributed by atoms with Crippen molar-refractivity contribution in [1.82, 2.24) is 5.32 Å². The summed E-state index contributed by atoms with van der Waals surface area (Å²) < 4.78 is 5.76. The van der Waals surface area contributed by atoms with Crippen molar-refractivity contribution in [3.8, 4) is 5.75 Å². The minimum atomic E-state index is 0.0308. The smallest absolute Gasteiger partial charge is 0.223 e. The first-order chi connectivity index (χ1) is 8.80. The first-order valence-electron chi connectivity index (χ1n) is 6.82. The fourth-order valence-electron chi connectivity index (χ4n) is 1.86. The zero-order valence-corrected chi connectivity index (χ0v) is 12.6. The summed E-state index contributed by atoms with van der Waals surface area (Å²) in [5.41, 5.74) is 1.20. The van der Waals surface area contributed by atoms with Crippen LogP contribution in [0.25, 0.3) is 0 Å². The summed E-state index contributed by atoms with van der Waals surface area (Å²) in [5, 5.41) is 2.85. The first-order valence-corrected chi connectivity index (χ1v) is 6.82. The van der Waals surface area contributed by atoms with Gasteiger partial charge in [0.25, 0.3) is 0 Å². The molecule has 3 heteroatoms. The summed E-state index contributed by atoms with van der Waals surface area (Å²) >= 11 is 0. The molecule has 0 saturated carbocycles. The van der Waals surface area contributed by atoms with Crippen molar-refractivity contribution in [1.29, 1.82) is 0 Å². The molecule has 0 spiro atoms. The topological polar surface area (TPSA) is 38.3 Å². The number of carbonyl (C=O) groups excluding carboxylic acids is 1. The number of carbonyl (C=O) groups is 1.